The van der Waals surface area contributed by atoms with E-state index in [1.165, 1.54) is 6.07 Å². The molecule has 0 saturated heterocycles. The van der Waals surface area contributed by atoms with E-state index in [0.717, 1.165) is 19.0 Å². The van der Waals surface area contributed by atoms with Crippen LogP contribution in [0.4, 0.5) is 17.6 Å². The molecule has 0 radical (unpaired) electrons. The Hall–Kier alpha value is -1.14. The van der Waals surface area contributed by atoms with Crippen molar-refractivity contribution in [2.75, 3.05) is 27.2 Å². The maximum atomic E-state index is 12.9. The first-order valence-electron chi connectivity index (χ1n) is 6.03. The summed E-state index contributed by atoms with van der Waals surface area (Å²) in [7, 11) is 3.57. The second kappa shape index (κ2) is 6.86. The van der Waals surface area contributed by atoms with Gasteiger partial charge >= 0.3 is 6.18 Å². The van der Waals surface area contributed by atoms with Gasteiger partial charge in [0, 0.05) is 6.54 Å². The molecule has 0 unspecified atom stereocenters. The van der Waals surface area contributed by atoms with Gasteiger partial charge in [0.25, 0.3) is 0 Å². The Bertz CT molecular complexity index is 404. The van der Waals surface area contributed by atoms with Crippen molar-refractivity contribution < 1.29 is 17.6 Å². The Morgan fingerprint density at radius 1 is 1.26 bits per heavy atom. The van der Waals surface area contributed by atoms with Crippen LogP contribution >= 0.6 is 0 Å². The highest BCUT2D eigenvalue weighted by Gasteiger charge is 2.33. The summed E-state index contributed by atoms with van der Waals surface area (Å²) in [6.07, 6.45) is -3.68. The van der Waals surface area contributed by atoms with Crippen LogP contribution in [0.15, 0.2) is 18.2 Å². The summed E-state index contributed by atoms with van der Waals surface area (Å²) in [5, 5.41) is 2.97. The van der Waals surface area contributed by atoms with Gasteiger partial charge in [-0.2, -0.15) is 13.2 Å². The minimum Gasteiger partial charge on any atom is -0.320 e. The van der Waals surface area contributed by atoms with Crippen LogP contribution < -0.4 is 5.32 Å². The molecule has 6 heteroatoms. The third-order valence-electron chi connectivity index (χ3n) is 2.78. The van der Waals surface area contributed by atoms with Gasteiger partial charge in [-0.05, 0) is 51.3 Å². The molecule has 0 atom stereocenters. The van der Waals surface area contributed by atoms with Crippen LogP contribution in [0.1, 0.15) is 17.5 Å². The normalized spacial score (nSPS) is 12.2. The summed E-state index contributed by atoms with van der Waals surface area (Å²) in [4.78, 5) is 1.79. The van der Waals surface area contributed by atoms with E-state index >= 15 is 0 Å². The van der Waals surface area contributed by atoms with Crippen molar-refractivity contribution in [2.24, 2.45) is 0 Å². The van der Waals surface area contributed by atoms with Gasteiger partial charge in [0.05, 0.1) is 5.56 Å². The van der Waals surface area contributed by atoms with Crippen molar-refractivity contribution in [3.63, 3.8) is 0 Å². The number of nitrogens with one attached hydrogen (secondary N) is 1. The molecular formula is C13H18F4N2. The van der Waals surface area contributed by atoms with E-state index in [-0.39, 0.29) is 12.1 Å². The molecule has 0 fully saturated rings. The highest BCUT2D eigenvalue weighted by Crippen LogP contribution is 2.32. The van der Waals surface area contributed by atoms with Crippen LogP contribution in [0, 0.1) is 5.82 Å². The van der Waals surface area contributed by atoms with Crippen LogP contribution in [0.2, 0.25) is 0 Å². The predicted molar refractivity (Wildman–Crippen MR) is 66.3 cm³/mol. The van der Waals surface area contributed by atoms with Crippen molar-refractivity contribution in [3.8, 4) is 0 Å². The van der Waals surface area contributed by atoms with Crippen LogP contribution in [-0.2, 0) is 12.7 Å². The van der Waals surface area contributed by atoms with Gasteiger partial charge in [-0.1, -0.05) is 6.07 Å². The largest absolute Gasteiger partial charge is 0.416 e. The maximum Gasteiger partial charge on any atom is 0.416 e. The van der Waals surface area contributed by atoms with E-state index in [9.17, 15) is 17.6 Å². The molecule has 0 aliphatic carbocycles. The third-order valence-corrected chi connectivity index (χ3v) is 2.78. The van der Waals surface area contributed by atoms with Crippen molar-refractivity contribution in [3.05, 3.63) is 35.1 Å². The predicted octanol–water partition coefficient (Wildman–Crippen LogP) is 2.89. The molecule has 1 aromatic carbocycles. The first-order chi connectivity index (χ1) is 8.84. The summed E-state index contributed by atoms with van der Waals surface area (Å²) in [6.45, 7) is 1.63. The first-order valence-corrected chi connectivity index (χ1v) is 6.03. The highest BCUT2D eigenvalue weighted by atomic mass is 19.4. The zero-order chi connectivity index (χ0) is 14.5. The SMILES string of the molecule is CNCCCN(C)Cc1ccc(F)cc1C(F)(F)F. The van der Waals surface area contributed by atoms with E-state index in [4.69, 9.17) is 0 Å². The van der Waals surface area contributed by atoms with Crippen LogP contribution in [0.3, 0.4) is 0 Å². The van der Waals surface area contributed by atoms with Crippen LogP contribution in [0.25, 0.3) is 0 Å². The summed E-state index contributed by atoms with van der Waals surface area (Å²) in [5.41, 5.74) is -0.797. The molecule has 1 aromatic rings. The lowest BCUT2D eigenvalue weighted by Gasteiger charge is -2.20. The Labute approximate surface area is 110 Å². The molecule has 0 saturated carbocycles. The average Bonchev–Trinajstić information content (AvgIpc) is 2.30. The van der Waals surface area contributed by atoms with Gasteiger partial charge in [-0.25, -0.2) is 4.39 Å². The fourth-order valence-corrected chi connectivity index (χ4v) is 1.85. The maximum absolute atomic E-state index is 12.9. The van der Waals surface area contributed by atoms with Crippen molar-refractivity contribution in [1.29, 1.82) is 0 Å². The molecule has 0 aliphatic heterocycles. The summed E-state index contributed by atoms with van der Waals surface area (Å²) in [5.74, 6) is -0.867. The molecule has 0 heterocycles. The minimum atomic E-state index is -4.52. The van der Waals surface area contributed by atoms with E-state index in [0.29, 0.717) is 12.6 Å². The monoisotopic (exact) mass is 278 g/mol. The second-order valence-electron chi connectivity index (χ2n) is 4.49. The topological polar surface area (TPSA) is 15.3 Å². The minimum absolute atomic E-state index is 0.0980. The number of nitrogens with zero attached hydrogens (tertiary/aromatic N) is 1. The lowest BCUT2D eigenvalue weighted by atomic mass is 10.1. The third kappa shape index (κ3) is 5.16. The fourth-order valence-electron chi connectivity index (χ4n) is 1.85. The molecule has 1 rings (SSSR count). The lowest BCUT2D eigenvalue weighted by molar-refractivity contribution is -0.138. The summed E-state index contributed by atoms with van der Waals surface area (Å²) < 4.78 is 51.3. The molecule has 0 aliphatic rings. The molecule has 0 spiro atoms. The molecule has 1 N–H and O–H groups in total. The van der Waals surface area contributed by atoms with Crippen molar-refractivity contribution >= 4 is 0 Å². The van der Waals surface area contributed by atoms with Gasteiger partial charge < -0.3 is 10.2 Å². The highest BCUT2D eigenvalue weighted by molar-refractivity contribution is 5.30. The summed E-state index contributed by atoms with van der Waals surface area (Å²) in [6, 6.07) is 2.81. The van der Waals surface area contributed by atoms with E-state index in [1.54, 1.807) is 11.9 Å². The zero-order valence-corrected chi connectivity index (χ0v) is 11.0. The molecule has 19 heavy (non-hydrogen) atoms. The molecular weight excluding hydrogens is 260 g/mol. The number of halogens is 4. The van der Waals surface area contributed by atoms with Crippen LogP contribution in [-0.4, -0.2) is 32.1 Å². The Balaban J connectivity index is 2.77. The van der Waals surface area contributed by atoms with Crippen LogP contribution in [0.5, 0.6) is 0 Å². The Morgan fingerprint density at radius 3 is 2.53 bits per heavy atom. The zero-order valence-electron chi connectivity index (χ0n) is 11.0. The summed E-state index contributed by atoms with van der Waals surface area (Å²) >= 11 is 0. The number of rotatable bonds is 6. The van der Waals surface area contributed by atoms with Gasteiger partial charge in [0.15, 0.2) is 0 Å². The van der Waals surface area contributed by atoms with Gasteiger partial charge in [0.1, 0.15) is 5.82 Å². The molecule has 0 amide bonds. The van der Waals surface area contributed by atoms with E-state index in [2.05, 4.69) is 5.32 Å². The van der Waals surface area contributed by atoms with Gasteiger partial charge in [0.2, 0.25) is 0 Å². The molecule has 0 aromatic heterocycles. The van der Waals surface area contributed by atoms with Crippen molar-refractivity contribution in [1.82, 2.24) is 10.2 Å². The lowest BCUT2D eigenvalue weighted by Crippen LogP contribution is -2.24. The van der Waals surface area contributed by atoms with E-state index < -0.39 is 17.6 Å². The Morgan fingerprint density at radius 2 is 1.95 bits per heavy atom. The fraction of sp³-hybridized carbons (Fsp3) is 0.538. The molecule has 108 valence electrons. The smallest absolute Gasteiger partial charge is 0.320 e. The molecule has 0 bridgehead atoms. The second-order valence-corrected chi connectivity index (χ2v) is 4.49. The average molecular weight is 278 g/mol. The number of hydrogen-bond acceptors (Lipinski definition) is 2. The molecule has 2 nitrogen and oxygen atoms in total. The van der Waals surface area contributed by atoms with Crippen molar-refractivity contribution in [2.45, 2.75) is 19.1 Å². The van der Waals surface area contributed by atoms with Gasteiger partial charge in [-0.3, -0.25) is 0 Å². The number of hydrogen-bond donors (Lipinski definition) is 1. The first kappa shape index (κ1) is 15.9. The van der Waals surface area contributed by atoms with Gasteiger partial charge in [-0.15, -0.1) is 0 Å². The van der Waals surface area contributed by atoms with E-state index in [1.807, 2.05) is 7.05 Å². The number of alkyl halides is 3. The standard InChI is InChI=1S/C13H18F4N2/c1-18-6-3-7-19(2)9-10-4-5-11(14)8-12(10)13(15,16)17/h4-5,8,18H,3,6-7,9H2,1-2H3. The Kier molecular flexibility index (Phi) is 5.75. The number of benzene rings is 1. The quantitative estimate of drug-likeness (QED) is 0.636.